The van der Waals surface area contributed by atoms with Gasteiger partial charge in [-0.25, -0.2) is 4.39 Å². The predicted octanol–water partition coefficient (Wildman–Crippen LogP) is 3.61. The molecule has 24 heavy (non-hydrogen) atoms. The highest BCUT2D eigenvalue weighted by Gasteiger charge is 2.48. The lowest BCUT2D eigenvalue weighted by atomic mass is 9.78. The largest absolute Gasteiger partial charge is 0.338 e. The maximum Gasteiger partial charge on any atom is 0.230 e. The zero-order valence-corrected chi connectivity index (χ0v) is 14.7. The van der Waals surface area contributed by atoms with E-state index >= 15 is 0 Å². The molecule has 2 saturated heterocycles. The average Bonchev–Trinajstić information content (AvgIpc) is 2.97. The number of hydrogen-bond acceptors (Lipinski definition) is 2. The van der Waals surface area contributed by atoms with Crippen molar-refractivity contribution in [3.8, 4) is 0 Å². The molecule has 1 atom stereocenters. The summed E-state index contributed by atoms with van der Waals surface area (Å²) < 4.78 is 13.1. The van der Waals surface area contributed by atoms with E-state index in [9.17, 15) is 9.18 Å². The summed E-state index contributed by atoms with van der Waals surface area (Å²) in [6.45, 7) is 8.45. The van der Waals surface area contributed by atoms with Gasteiger partial charge in [0, 0.05) is 26.2 Å². The van der Waals surface area contributed by atoms with E-state index in [1.807, 2.05) is 4.90 Å². The molecule has 2 fully saturated rings. The molecular formula is C20H27FN2O. The van der Waals surface area contributed by atoms with E-state index in [-0.39, 0.29) is 11.2 Å². The molecule has 4 heteroatoms. The molecule has 3 nitrogen and oxygen atoms in total. The van der Waals surface area contributed by atoms with E-state index in [1.54, 1.807) is 12.1 Å². The van der Waals surface area contributed by atoms with Crippen LogP contribution in [-0.4, -0.2) is 41.9 Å². The minimum Gasteiger partial charge on any atom is -0.338 e. The summed E-state index contributed by atoms with van der Waals surface area (Å²) in [6.07, 6.45) is 5.16. The third-order valence-corrected chi connectivity index (χ3v) is 5.51. The number of allylic oxidation sites excluding steroid dienone is 1. The van der Waals surface area contributed by atoms with E-state index in [0.717, 1.165) is 51.0 Å². The van der Waals surface area contributed by atoms with E-state index in [4.69, 9.17) is 0 Å². The highest BCUT2D eigenvalue weighted by Crippen LogP contribution is 2.40. The second kappa shape index (κ2) is 7.06. The summed E-state index contributed by atoms with van der Waals surface area (Å²) >= 11 is 0. The normalized spacial score (nSPS) is 25.7. The van der Waals surface area contributed by atoms with Crippen molar-refractivity contribution in [2.75, 3.05) is 26.2 Å². The Kier molecular flexibility index (Phi) is 5.04. The number of likely N-dealkylation sites (tertiary alicyclic amines) is 2. The van der Waals surface area contributed by atoms with Gasteiger partial charge in [-0.3, -0.25) is 9.69 Å². The van der Waals surface area contributed by atoms with E-state index in [0.29, 0.717) is 12.5 Å². The fourth-order valence-electron chi connectivity index (χ4n) is 4.03. The summed E-state index contributed by atoms with van der Waals surface area (Å²) in [5.41, 5.74) is 2.16. The monoisotopic (exact) mass is 330 g/mol. The maximum absolute atomic E-state index is 13.1. The molecule has 1 amide bonds. The van der Waals surface area contributed by atoms with Crippen molar-refractivity contribution >= 4 is 5.91 Å². The van der Waals surface area contributed by atoms with Gasteiger partial charge in [0.2, 0.25) is 5.91 Å². The van der Waals surface area contributed by atoms with Crippen LogP contribution in [0, 0.1) is 11.2 Å². The van der Waals surface area contributed by atoms with Crippen molar-refractivity contribution in [3.05, 3.63) is 47.3 Å². The Hall–Kier alpha value is -1.68. The first kappa shape index (κ1) is 17.2. The van der Waals surface area contributed by atoms with Gasteiger partial charge in [-0.2, -0.15) is 0 Å². The average molecular weight is 330 g/mol. The lowest BCUT2D eigenvalue weighted by Gasteiger charge is -2.39. The number of nitrogens with zero attached hydrogens (tertiary/aromatic N) is 2. The van der Waals surface area contributed by atoms with Crippen LogP contribution in [0.25, 0.3) is 0 Å². The van der Waals surface area contributed by atoms with Gasteiger partial charge in [-0.1, -0.05) is 23.8 Å². The SMILES string of the molecule is C/C=C(\C)CN1CCC2(CCCN(Cc3ccc(F)cc3)C2=O)C1. The van der Waals surface area contributed by atoms with Crippen molar-refractivity contribution in [2.45, 2.75) is 39.7 Å². The number of hydrogen-bond donors (Lipinski definition) is 0. The van der Waals surface area contributed by atoms with Crippen molar-refractivity contribution in [1.29, 1.82) is 0 Å². The Bertz CT molecular complexity index is 625. The third kappa shape index (κ3) is 3.54. The number of carbonyl (C=O) groups is 1. The Balaban J connectivity index is 1.68. The lowest BCUT2D eigenvalue weighted by Crippen LogP contribution is -2.49. The summed E-state index contributed by atoms with van der Waals surface area (Å²) in [4.78, 5) is 17.5. The number of halogens is 1. The van der Waals surface area contributed by atoms with Crippen molar-refractivity contribution in [1.82, 2.24) is 9.80 Å². The summed E-state index contributed by atoms with van der Waals surface area (Å²) in [7, 11) is 0. The van der Waals surface area contributed by atoms with Gasteiger partial charge in [-0.15, -0.1) is 0 Å². The van der Waals surface area contributed by atoms with E-state index in [1.165, 1.54) is 17.7 Å². The number of amides is 1. The van der Waals surface area contributed by atoms with Gasteiger partial charge in [-0.05, 0) is 57.4 Å². The maximum atomic E-state index is 13.1. The molecule has 0 N–H and O–H groups in total. The van der Waals surface area contributed by atoms with Gasteiger partial charge in [0.25, 0.3) is 0 Å². The Morgan fingerprint density at radius 3 is 2.71 bits per heavy atom. The summed E-state index contributed by atoms with van der Waals surface area (Å²) in [6, 6.07) is 6.49. The topological polar surface area (TPSA) is 23.6 Å². The first-order chi connectivity index (χ1) is 11.5. The standard InChI is InChI=1S/C20H27FN2O/c1-3-16(2)13-22-12-10-20(15-22)9-4-11-23(19(20)24)14-17-5-7-18(21)8-6-17/h3,5-8H,4,9-15H2,1-2H3/b16-3+. The van der Waals surface area contributed by atoms with Crippen molar-refractivity contribution < 1.29 is 9.18 Å². The van der Waals surface area contributed by atoms with Crippen molar-refractivity contribution in [2.24, 2.45) is 5.41 Å². The van der Waals surface area contributed by atoms with E-state index < -0.39 is 0 Å². The number of rotatable bonds is 4. The predicted molar refractivity (Wildman–Crippen MR) is 94.0 cm³/mol. The molecule has 0 aliphatic carbocycles. The van der Waals surface area contributed by atoms with Crippen LogP contribution in [-0.2, 0) is 11.3 Å². The molecule has 1 spiro atoms. The Morgan fingerprint density at radius 1 is 1.25 bits per heavy atom. The second-order valence-electron chi connectivity index (χ2n) is 7.33. The molecule has 1 aromatic carbocycles. The van der Waals surface area contributed by atoms with Crippen LogP contribution in [0.5, 0.6) is 0 Å². The molecule has 130 valence electrons. The second-order valence-corrected chi connectivity index (χ2v) is 7.33. The highest BCUT2D eigenvalue weighted by molar-refractivity contribution is 5.84. The lowest BCUT2D eigenvalue weighted by molar-refractivity contribution is -0.146. The zero-order chi connectivity index (χ0) is 17.2. The Labute approximate surface area is 144 Å². The Morgan fingerprint density at radius 2 is 2.00 bits per heavy atom. The molecule has 0 aromatic heterocycles. The first-order valence-electron chi connectivity index (χ1n) is 8.90. The molecule has 1 unspecified atom stereocenters. The van der Waals surface area contributed by atoms with Crippen LogP contribution in [0.2, 0.25) is 0 Å². The summed E-state index contributed by atoms with van der Waals surface area (Å²) in [5, 5.41) is 0. The quantitative estimate of drug-likeness (QED) is 0.788. The molecular weight excluding hydrogens is 303 g/mol. The van der Waals surface area contributed by atoms with Crippen LogP contribution < -0.4 is 0 Å². The minimum absolute atomic E-state index is 0.202. The van der Waals surface area contributed by atoms with Gasteiger partial charge >= 0.3 is 0 Å². The molecule has 0 radical (unpaired) electrons. The molecule has 2 heterocycles. The van der Waals surface area contributed by atoms with Crippen molar-refractivity contribution in [3.63, 3.8) is 0 Å². The van der Waals surface area contributed by atoms with Crippen LogP contribution in [0.1, 0.15) is 38.7 Å². The molecule has 2 aliphatic heterocycles. The number of benzene rings is 1. The first-order valence-corrected chi connectivity index (χ1v) is 8.90. The van der Waals surface area contributed by atoms with Crippen LogP contribution in [0.15, 0.2) is 35.9 Å². The highest BCUT2D eigenvalue weighted by atomic mass is 19.1. The minimum atomic E-state index is -0.231. The number of carbonyl (C=O) groups excluding carboxylic acids is 1. The molecule has 1 aromatic rings. The van der Waals surface area contributed by atoms with E-state index in [2.05, 4.69) is 24.8 Å². The molecule has 3 rings (SSSR count). The number of piperidine rings is 1. The molecule has 0 saturated carbocycles. The van der Waals surface area contributed by atoms with Crippen LogP contribution in [0.4, 0.5) is 4.39 Å². The zero-order valence-electron chi connectivity index (χ0n) is 14.7. The third-order valence-electron chi connectivity index (χ3n) is 5.51. The van der Waals surface area contributed by atoms with Crippen LogP contribution in [0.3, 0.4) is 0 Å². The fraction of sp³-hybridized carbons (Fsp3) is 0.550. The van der Waals surface area contributed by atoms with Gasteiger partial charge in [0.15, 0.2) is 0 Å². The molecule has 2 aliphatic rings. The van der Waals surface area contributed by atoms with Gasteiger partial charge < -0.3 is 4.90 Å². The smallest absolute Gasteiger partial charge is 0.230 e. The summed E-state index contributed by atoms with van der Waals surface area (Å²) in [5.74, 6) is 0.0599. The fourth-order valence-corrected chi connectivity index (χ4v) is 4.03. The van der Waals surface area contributed by atoms with Gasteiger partial charge in [0.05, 0.1) is 5.41 Å². The van der Waals surface area contributed by atoms with Gasteiger partial charge in [0.1, 0.15) is 5.82 Å². The van der Waals surface area contributed by atoms with Crippen LogP contribution >= 0.6 is 0 Å². The molecule has 0 bridgehead atoms.